The van der Waals surface area contributed by atoms with Crippen LogP contribution in [0.1, 0.15) is 18.4 Å². The van der Waals surface area contributed by atoms with Crippen LogP contribution in [0.2, 0.25) is 0 Å². The van der Waals surface area contributed by atoms with Crippen LogP contribution in [0, 0.1) is 6.92 Å². The molecule has 1 aromatic carbocycles. The molecule has 0 saturated carbocycles. The van der Waals surface area contributed by atoms with Gasteiger partial charge in [0.15, 0.2) is 9.84 Å². The van der Waals surface area contributed by atoms with Gasteiger partial charge in [0.25, 0.3) is 0 Å². The van der Waals surface area contributed by atoms with Crippen LogP contribution in [0.3, 0.4) is 0 Å². The molecule has 0 radical (unpaired) electrons. The van der Waals surface area contributed by atoms with Crippen LogP contribution < -0.4 is 10.1 Å². The summed E-state index contributed by atoms with van der Waals surface area (Å²) in [7, 11) is -1.09. The van der Waals surface area contributed by atoms with Crippen LogP contribution in [0.5, 0.6) is 5.75 Å². The third-order valence-corrected chi connectivity index (χ3v) is 5.81. The highest BCUT2D eigenvalue weighted by Crippen LogP contribution is 2.16. The second kappa shape index (κ2) is 8.48. The van der Waals surface area contributed by atoms with Gasteiger partial charge in [-0.25, -0.2) is 8.42 Å². The fourth-order valence-corrected chi connectivity index (χ4v) is 4.41. The maximum atomic E-state index is 11.9. The maximum absolute atomic E-state index is 11.9. The molecule has 1 unspecified atom stereocenters. The van der Waals surface area contributed by atoms with Gasteiger partial charge in [-0.2, -0.15) is 0 Å². The van der Waals surface area contributed by atoms with Gasteiger partial charge in [-0.05, 0) is 38.4 Å². The van der Waals surface area contributed by atoms with Crippen LogP contribution >= 0.6 is 0 Å². The standard InChI is InChI=1S/C17H26N2O4S/c1-14-6-3-4-7-16(14)23-10-5-9-19(2)12-17(20)18-15-8-11-24(21,22)13-15/h3-4,6-7,15H,5,8-13H2,1-2H3,(H,18,20). The Morgan fingerprint density at radius 3 is 2.79 bits per heavy atom. The molecule has 24 heavy (non-hydrogen) atoms. The normalized spacial score (nSPS) is 19.4. The number of sulfone groups is 1. The van der Waals surface area contributed by atoms with Crippen LogP contribution in [0.15, 0.2) is 24.3 Å². The Morgan fingerprint density at radius 1 is 1.38 bits per heavy atom. The predicted octanol–water partition coefficient (Wildman–Crippen LogP) is 0.999. The maximum Gasteiger partial charge on any atom is 0.234 e. The summed E-state index contributed by atoms with van der Waals surface area (Å²) >= 11 is 0. The van der Waals surface area contributed by atoms with Crippen LogP contribution in [-0.4, -0.2) is 63.5 Å². The Morgan fingerprint density at radius 2 is 2.12 bits per heavy atom. The van der Waals surface area contributed by atoms with E-state index in [1.54, 1.807) is 0 Å². The van der Waals surface area contributed by atoms with Gasteiger partial charge < -0.3 is 10.1 Å². The zero-order valence-corrected chi connectivity index (χ0v) is 15.1. The molecule has 1 aliphatic rings. The molecule has 0 aromatic heterocycles. The molecule has 1 aliphatic heterocycles. The number of nitrogens with zero attached hydrogens (tertiary/aromatic N) is 1. The van der Waals surface area contributed by atoms with Crippen molar-refractivity contribution in [2.75, 3.05) is 38.2 Å². The summed E-state index contributed by atoms with van der Waals surface area (Å²) in [5.74, 6) is 0.997. The Balaban J connectivity index is 1.62. The number of hydrogen-bond donors (Lipinski definition) is 1. The van der Waals surface area contributed by atoms with Gasteiger partial charge in [0, 0.05) is 12.6 Å². The van der Waals surface area contributed by atoms with E-state index < -0.39 is 9.84 Å². The first-order chi connectivity index (χ1) is 11.4. The van der Waals surface area contributed by atoms with Crippen LogP contribution in [0.25, 0.3) is 0 Å². The Bertz CT molecular complexity index is 660. The monoisotopic (exact) mass is 354 g/mol. The van der Waals surface area contributed by atoms with Gasteiger partial charge in [0.2, 0.25) is 5.91 Å². The minimum Gasteiger partial charge on any atom is -0.493 e. The molecular formula is C17H26N2O4S. The second-order valence-corrected chi connectivity index (χ2v) is 8.60. The number of hydrogen-bond acceptors (Lipinski definition) is 5. The summed E-state index contributed by atoms with van der Waals surface area (Å²) in [4.78, 5) is 13.9. The summed E-state index contributed by atoms with van der Waals surface area (Å²) in [5.41, 5.74) is 1.11. The average molecular weight is 354 g/mol. The van der Waals surface area contributed by atoms with Crippen molar-refractivity contribution >= 4 is 15.7 Å². The average Bonchev–Trinajstić information content (AvgIpc) is 2.84. The van der Waals surface area contributed by atoms with E-state index >= 15 is 0 Å². The number of amides is 1. The number of ether oxygens (including phenoxy) is 1. The lowest BCUT2D eigenvalue weighted by molar-refractivity contribution is -0.122. The van der Waals surface area contributed by atoms with E-state index in [-0.39, 0.29) is 30.0 Å². The minimum atomic E-state index is -2.96. The Hall–Kier alpha value is -1.60. The molecule has 1 N–H and O–H groups in total. The molecule has 1 amide bonds. The van der Waals surface area contributed by atoms with Crippen molar-refractivity contribution in [3.63, 3.8) is 0 Å². The van der Waals surface area contributed by atoms with Crippen molar-refractivity contribution in [3.8, 4) is 5.75 Å². The lowest BCUT2D eigenvalue weighted by atomic mass is 10.2. The van der Waals surface area contributed by atoms with E-state index in [4.69, 9.17) is 4.74 Å². The molecule has 1 atom stereocenters. The molecule has 6 nitrogen and oxygen atoms in total. The SMILES string of the molecule is Cc1ccccc1OCCCN(C)CC(=O)NC1CCS(=O)(=O)C1. The highest BCUT2D eigenvalue weighted by molar-refractivity contribution is 7.91. The van der Waals surface area contributed by atoms with Gasteiger partial charge >= 0.3 is 0 Å². The fourth-order valence-electron chi connectivity index (χ4n) is 2.74. The zero-order valence-electron chi connectivity index (χ0n) is 14.3. The number of nitrogens with one attached hydrogen (secondary N) is 1. The van der Waals surface area contributed by atoms with Crippen molar-refractivity contribution in [3.05, 3.63) is 29.8 Å². The third kappa shape index (κ3) is 6.13. The number of benzene rings is 1. The first-order valence-electron chi connectivity index (χ1n) is 8.22. The number of para-hydroxylation sites is 1. The highest BCUT2D eigenvalue weighted by atomic mass is 32.2. The van der Waals surface area contributed by atoms with E-state index in [0.717, 1.165) is 24.3 Å². The first kappa shape index (κ1) is 18.7. The van der Waals surface area contributed by atoms with Crippen molar-refractivity contribution in [2.45, 2.75) is 25.8 Å². The Labute approximate surface area is 144 Å². The molecule has 1 fully saturated rings. The molecule has 7 heteroatoms. The molecule has 1 heterocycles. The van der Waals surface area contributed by atoms with Gasteiger partial charge in [0.1, 0.15) is 5.75 Å². The summed E-state index contributed by atoms with van der Waals surface area (Å²) in [5, 5.41) is 2.80. The molecular weight excluding hydrogens is 328 g/mol. The van der Waals surface area contributed by atoms with Gasteiger partial charge in [-0.1, -0.05) is 18.2 Å². The van der Waals surface area contributed by atoms with Gasteiger partial charge in [-0.3, -0.25) is 9.69 Å². The van der Waals surface area contributed by atoms with Crippen molar-refractivity contribution < 1.29 is 17.9 Å². The van der Waals surface area contributed by atoms with Gasteiger partial charge in [-0.15, -0.1) is 0 Å². The summed E-state index contributed by atoms with van der Waals surface area (Å²) in [6.07, 6.45) is 1.33. The largest absolute Gasteiger partial charge is 0.493 e. The Kier molecular flexibility index (Phi) is 6.62. The van der Waals surface area contributed by atoms with E-state index in [1.165, 1.54) is 0 Å². The van der Waals surface area contributed by atoms with E-state index in [9.17, 15) is 13.2 Å². The van der Waals surface area contributed by atoms with Crippen molar-refractivity contribution in [1.82, 2.24) is 10.2 Å². The lowest BCUT2D eigenvalue weighted by Crippen LogP contribution is -2.41. The van der Waals surface area contributed by atoms with E-state index in [1.807, 2.05) is 43.1 Å². The highest BCUT2D eigenvalue weighted by Gasteiger charge is 2.28. The van der Waals surface area contributed by atoms with E-state index in [0.29, 0.717) is 13.0 Å². The number of carbonyl (C=O) groups excluding carboxylic acids is 1. The first-order valence-corrected chi connectivity index (χ1v) is 10.0. The van der Waals surface area contributed by atoms with Crippen LogP contribution in [0.4, 0.5) is 0 Å². The molecule has 0 spiro atoms. The molecule has 1 aromatic rings. The predicted molar refractivity (Wildman–Crippen MR) is 94.0 cm³/mol. The number of likely N-dealkylation sites (N-methyl/N-ethyl adjacent to an activating group) is 1. The summed E-state index contributed by atoms with van der Waals surface area (Å²) in [6.45, 7) is 3.61. The molecule has 0 aliphatic carbocycles. The molecule has 134 valence electrons. The number of aryl methyl sites for hydroxylation is 1. The van der Waals surface area contributed by atoms with E-state index in [2.05, 4.69) is 5.32 Å². The van der Waals surface area contributed by atoms with Crippen molar-refractivity contribution in [2.24, 2.45) is 0 Å². The molecule has 1 saturated heterocycles. The fraction of sp³-hybridized carbons (Fsp3) is 0.588. The number of rotatable bonds is 8. The lowest BCUT2D eigenvalue weighted by Gasteiger charge is -2.18. The number of carbonyl (C=O) groups is 1. The topological polar surface area (TPSA) is 75.7 Å². The van der Waals surface area contributed by atoms with Crippen molar-refractivity contribution in [1.29, 1.82) is 0 Å². The zero-order chi connectivity index (χ0) is 17.6. The van der Waals surface area contributed by atoms with Crippen LogP contribution in [-0.2, 0) is 14.6 Å². The molecule has 2 rings (SSSR count). The quantitative estimate of drug-likeness (QED) is 0.705. The minimum absolute atomic E-state index is 0.0622. The van der Waals surface area contributed by atoms with Gasteiger partial charge in [0.05, 0.1) is 24.7 Å². The third-order valence-electron chi connectivity index (χ3n) is 4.05. The second-order valence-electron chi connectivity index (χ2n) is 6.37. The molecule has 0 bridgehead atoms. The summed E-state index contributed by atoms with van der Waals surface area (Å²) < 4.78 is 28.5. The summed E-state index contributed by atoms with van der Waals surface area (Å²) in [6, 6.07) is 7.64. The smallest absolute Gasteiger partial charge is 0.234 e.